The normalized spacial score (nSPS) is 12.4. The van der Waals surface area contributed by atoms with Crippen LogP contribution in [0.3, 0.4) is 0 Å². The van der Waals surface area contributed by atoms with E-state index >= 15 is 0 Å². The van der Waals surface area contributed by atoms with Crippen molar-refractivity contribution in [1.82, 2.24) is 0 Å². The van der Waals surface area contributed by atoms with Gasteiger partial charge in [-0.3, -0.25) is 0 Å². The highest BCUT2D eigenvalue weighted by molar-refractivity contribution is 6.46. The third-order valence-electron chi connectivity index (χ3n) is 15.6. The summed E-state index contributed by atoms with van der Waals surface area (Å²) in [4.78, 5) is 0. The summed E-state index contributed by atoms with van der Waals surface area (Å²) in [5, 5.41) is 23.6. The monoisotopic (exact) mass is 854 g/mol. The van der Waals surface area contributed by atoms with Crippen molar-refractivity contribution in [2.75, 3.05) is 0 Å². The van der Waals surface area contributed by atoms with E-state index in [9.17, 15) is 0 Å². The topological polar surface area (TPSA) is 0 Å². The van der Waals surface area contributed by atoms with Gasteiger partial charge in [0.05, 0.1) is 0 Å². The summed E-state index contributed by atoms with van der Waals surface area (Å²) in [6, 6.07) is 87.1. The van der Waals surface area contributed by atoms with Crippen LogP contribution in [0.5, 0.6) is 0 Å². The molecule has 0 atom stereocenters. The fourth-order valence-corrected chi connectivity index (χ4v) is 12.8. The van der Waals surface area contributed by atoms with E-state index in [4.69, 9.17) is 0 Å². The minimum absolute atomic E-state index is 1.22. The Kier molecular flexibility index (Phi) is 7.16. The van der Waals surface area contributed by atoms with Crippen LogP contribution < -0.4 is 0 Å². The van der Waals surface area contributed by atoms with Crippen LogP contribution in [0.15, 0.2) is 231 Å². The molecule has 68 heavy (non-hydrogen) atoms. The molecular weight excluding hydrogens is 817 g/mol. The van der Waals surface area contributed by atoms with Gasteiger partial charge in [-0.2, -0.15) is 0 Å². The van der Waals surface area contributed by atoms with E-state index in [1.54, 1.807) is 0 Å². The maximum atomic E-state index is 2.55. The number of hydrogen-bond donors (Lipinski definition) is 0. The van der Waals surface area contributed by atoms with Crippen molar-refractivity contribution in [1.29, 1.82) is 0 Å². The summed E-state index contributed by atoms with van der Waals surface area (Å²) < 4.78 is 0. The molecule has 0 aromatic heterocycles. The Labute approximate surface area is 392 Å². The molecule has 0 saturated heterocycles. The van der Waals surface area contributed by atoms with Crippen molar-refractivity contribution >= 4 is 97.0 Å². The maximum Gasteiger partial charge on any atom is -0.000697 e. The molecule has 1 aliphatic rings. The second-order valence-electron chi connectivity index (χ2n) is 19.0. The maximum absolute atomic E-state index is 2.55. The summed E-state index contributed by atoms with van der Waals surface area (Å²) in [7, 11) is 0. The van der Waals surface area contributed by atoms with E-state index in [0.717, 1.165) is 0 Å². The van der Waals surface area contributed by atoms with Gasteiger partial charge in [-0.15, -0.1) is 0 Å². The first kappa shape index (κ1) is 36.4. The molecule has 0 nitrogen and oxygen atoms in total. The number of fused-ring (bicyclic) bond motifs is 13. The lowest BCUT2D eigenvalue weighted by atomic mass is 9.83. The SMILES string of the molecule is c1ccc(-c2cccc(-c3c4cc5c6ccccc6c6cccc(c4c(-c4ccccc4)c4c7cc8ccc(-c9ccc%10c(c9)-c9cccc%11cccc-%10c9%11)cc8c8cccc(c34)c87)c65)c2)cc1. The van der Waals surface area contributed by atoms with Crippen molar-refractivity contribution < 1.29 is 0 Å². The summed E-state index contributed by atoms with van der Waals surface area (Å²) in [5.74, 6) is 0. The largest absolute Gasteiger partial charge is 0.0622 e. The van der Waals surface area contributed by atoms with Gasteiger partial charge in [0.15, 0.2) is 0 Å². The van der Waals surface area contributed by atoms with Crippen LogP contribution in [-0.2, 0) is 0 Å². The number of benzene rings is 13. The van der Waals surface area contributed by atoms with Gasteiger partial charge in [-0.05, 0) is 194 Å². The molecule has 1 aliphatic carbocycles. The van der Waals surface area contributed by atoms with Crippen molar-refractivity contribution in [3.05, 3.63) is 231 Å². The van der Waals surface area contributed by atoms with Crippen LogP contribution in [0.2, 0.25) is 0 Å². The average molecular weight is 855 g/mol. The molecule has 0 saturated carbocycles. The molecule has 0 N–H and O–H groups in total. The average Bonchev–Trinajstić information content (AvgIpc) is 4.03. The smallest absolute Gasteiger partial charge is 0.000697 e. The molecular formula is C68H38. The van der Waals surface area contributed by atoms with Gasteiger partial charge in [0.25, 0.3) is 0 Å². The van der Waals surface area contributed by atoms with E-state index in [0.29, 0.717) is 0 Å². The highest BCUT2D eigenvalue weighted by Gasteiger charge is 2.28. The highest BCUT2D eigenvalue weighted by Crippen LogP contribution is 2.56. The molecule has 15 aromatic carbocycles. The lowest BCUT2D eigenvalue weighted by molar-refractivity contribution is 1.61. The van der Waals surface area contributed by atoms with Crippen LogP contribution in [-0.4, -0.2) is 0 Å². The van der Waals surface area contributed by atoms with E-state index in [-0.39, 0.29) is 0 Å². The molecule has 0 heteroatoms. The van der Waals surface area contributed by atoms with Crippen molar-refractivity contribution in [3.8, 4) is 66.8 Å². The Morgan fingerprint density at radius 2 is 0.706 bits per heavy atom. The van der Waals surface area contributed by atoms with Gasteiger partial charge >= 0.3 is 0 Å². The predicted octanol–water partition coefficient (Wildman–Crippen LogP) is 19.3. The molecule has 0 radical (unpaired) electrons. The van der Waals surface area contributed by atoms with Gasteiger partial charge in [-0.25, -0.2) is 0 Å². The Hall–Kier alpha value is -8.84. The van der Waals surface area contributed by atoms with Gasteiger partial charge in [0, 0.05) is 0 Å². The zero-order valence-corrected chi connectivity index (χ0v) is 36.9. The Morgan fingerprint density at radius 1 is 0.162 bits per heavy atom. The summed E-state index contributed by atoms with van der Waals surface area (Å²) in [6.45, 7) is 0. The summed E-state index contributed by atoms with van der Waals surface area (Å²) in [5.41, 5.74) is 15.3. The third kappa shape index (κ3) is 4.78. The zero-order chi connectivity index (χ0) is 44.2. The quantitative estimate of drug-likeness (QED) is 0.155. The summed E-state index contributed by atoms with van der Waals surface area (Å²) in [6.07, 6.45) is 0. The van der Waals surface area contributed by atoms with Crippen LogP contribution in [0, 0.1) is 0 Å². The highest BCUT2D eigenvalue weighted by atomic mass is 14.3. The molecule has 0 fully saturated rings. The molecule has 15 aromatic rings. The predicted molar refractivity (Wildman–Crippen MR) is 293 cm³/mol. The first-order chi connectivity index (χ1) is 33.7. The number of hydrogen-bond acceptors (Lipinski definition) is 0. The Morgan fingerprint density at radius 3 is 1.50 bits per heavy atom. The van der Waals surface area contributed by atoms with E-state index in [2.05, 4.69) is 231 Å². The minimum Gasteiger partial charge on any atom is -0.0622 e. The van der Waals surface area contributed by atoms with Crippen LogP contribution in [0.4, 0.5) is 0 Å². The second-order valence-corrected chi connectivity index (χ2v) is 19.0. The molecule has 0 heterocycles. The molecule has 0 aliphatic heterocycles. The fourth-order valence-electron chi connectivity index (χ4n) is 12.8. The van der Waals surface area contributed by atoms with Crippen LogP contribution >= 0.6 is 0 Å². The second kappa shape index (κ2) is 13.4. The minimum atomic E-state index is 1.22. The first-order valence-electron chi connectivity index (χ1n) is 23.8. The van der Waals surface area contributed by atoms with Gasteiger partial charge in [0.1, 0.15) is 0 Å². The van der Waals surface area contributed by atoms with Crippen molar-refractivity contribution in [2.24, 2.45) is 0 Å². The van der Waals surface area contributed by atoms with E-state index in [1.165, 1.54) is 164 Å². The molecule has 0 unspecified atom stereocenters. The van der Waals surface area contributed by atoms with E-state index < -0.39 is 0 Å². The zero-order valence-electron chi connectivity index (χ0n) is 36.9. The third-order valence-corrected chi connectivity index (χ3v) is 15.6. The Balaban J connectivity index is 1.05. The fraction of sp³-hybridized carbons (Fsp3) is 0. The molecule has 0 bridgehead atoms. The molecule has 0 amide bonds. The molecule has 16 rings (SSSR count). The van der Waals surface area contributed by atoms with E-state index in [1.807, 2.05) is 0 Å². The van der Waals surface area contributed by atoms with Crippen LogP contribution in [0.1, 0.15) is 0 Å². The Bertz CT molecular complexity index is 4630. The molecule has 310 valence electrons. The lowest BCUT2D eigenvalue weighted by Gasteiger charge is -2.19. The van der Waals surface area contributed by atoms with Crippen molar-refractivity contribution in [3.63, 3.8) is 0 Å². The van der Waals surface area contributed by atoms with Gasteiger partial charge in [0.2, 0.25) is 0 Å². The molecule has 0 spiro atoms. The number of rotatable bonds is 4. The van der Waals surface area contributed by atoms with Crippen LogP contribution in [0.25, 0.3) is 164 Å². The van der Waals surface area contributed by atoms with Crippen molar-refractivity contribution in [2.45, 2.75) is 0 Å². The van der Waals surface area contributed by atoms with Gasteiger partial charge < -0.3 is 0 Å². The van der Waals surface area contributed by atoms with Gasteiger partial charge in [-0.1, -0.05) is 200 Å². The lowest BCUT2D eigenvalue weighted by Crippen LogP contribution is -1.91. The first-order valence-corrected chi connectivity index (χ1v) is 23.8. The summed E-state index contributed by atoms with van der Waals surface area (Å²) >= 11 is 0. The standard InChI is InChI=1S/C68H38/c1-3-14-39(15-4-1)42-20-9-21-46(34-42)62-60-38-58-48-23-8-7-22-47(48)51-26-12-28-54(64(51)58)66(60)63(41-16-5-2-6-17-41)68-59-37-45-31-30-43(35-56(45)52-27-13-29-55(65(52)59)67(62)68)44-32-33-49-50-24-10-18-40-19-11-25-53(61(40)50)57(49)36-44/h1-38H.